The van der Waals surface area contributed by atoms with Gasteiger partial charge in [-0.2, -0.15) is 0 Å². The van der Waals surface area contributed by atoms with Crippen molar-refractivity contribution >= 4 is 17.5 Å². The number of imide groups is 1. The van der Waals surface area contributed by atoms with Crippen LogP contribution in [-0.2, 0) is 9.59 Å². The summed E-state index contributed by atoms with van der Waals surface area (Å²) in [6.45, 7) is 2.50. The molecule has 2 aliphatic rings. The third-order valence-corrected chi connectivity index (χ3v) is 3.57. The topological polar surface area (TPSA) is 58.6 Å². The average molecular weight is 274 g/mol. The summed E-state index contributed by atoms with van der Waals surface area (Å²) in [6.07, 6.45) is 2.45. The van der Waals surface area contributed by atoms with Gasteiger partial charge in [-0.3, -0.25) is 9.59 Å². The predicted molar refractivity (Wildman–Crippen MR) is 74.7 cm³/mol. The van der Waals surface area contributed by atoms with Crippen molar-refractivity contribution in [2.24, 2.45) is 0 Å². The summed E-state index contributed by atoms with van der Waals surface area (Å²) >= 11 is 0. The number of carbonyl (C=O) groups is 2. The molecular formula is C15H18N2O3. The average Bonchev–Trinajstić information content (AvgIpc) is 3.19. The van der Waals surface area contributed by atoms with Gasteiger partial charge in [-0.1, -0.05) is 0 Å². The summed E-state index contributed by atoms with van der Waals surface area (Å²) in [7, 11) is 0. The van der Waals surface area contributed by atoms with E-state index in [0.717, 1.165) is 18.6 Å². The molecule has 1 aliphatic heterocycles. The Morgan fingerprint density at radius 2 is 1.95 bits per heavy atom. The fourth-order valence-corrected chi connectivity index (χ4v) is 2.43. The molecule has 1 saturated carbocycles. The lowest BCUT2D eigenvalue weighted by Gasteiger charge is -2.16. The fourth-order valence-electron chi connectivity index (χ4n) is 2.43. The molecule has 1 saturated heterocycles. The van der Waals surface area contributed by atoms with E-state index in [1.165, 1.54) is 4.90 Å². The normalized spacial score (nSPS) is 22.4. The van der Waals surface area contributed by atoms with E-state index in [9.17, 15) is 9.59 Å². The van der Waals surface area contributed by atoms with Crippen LogP contribution in [0, 0.1) is 0 Å². The predicted octanol–water partition coefficient (Wildman–Crippen LogP) is 1.47. The second-order valence-corrected chi connectivity index (χ2v) is 5.19. The van der Waals surface area contributed by atoms with Crippen LogP contribution in [-0.4, -0.2) is 30.5 Å². The van der Waals surface area contributed by atoms with Gasteiger partial charge in [0, 0.05) is 6.04 Å². The Hall–Kier alpha value is -1.88. The molecule has 0 bridgehead atoms. The van der Waals surface area contributed by atoms with Gasteiger partial charge in [-0.05, 0) is 44.0 Å². The number of anilines is 1. The Morgan fingerprint density at radius 3 is 2.55 bits per heavy atom. The zero-order chi connectivity index (χ0) is 14.1. The maximum Gasteiger partial charge on any atom is 0.251 e. The first kappa shape index (κ1) is 13.1. The highest BCUT2D eigenvalue weighted by Crippen LogP contribution is 2.27. The fraction of sp³-hybridized carbons (Fsp3) is 0.467. The molecule has 3 rings (SSSR count). The summed E-state index contributed by atoms with van der Waals surface area (Å²) in [5, 5.41) is 3.23. The lowest BCUT2D eigenvalue weighted by molar-refractivity contribution is -0.121. The molecule has 1 aromatic rings. The van der Waals surface area contributed by atoms with E-state index in [-0.39, 0.29) is 24.3 Å². The van der Waals surface area contributed by atoms with Crippen LogP contribution in [0.4, 0.5) is 5.69 Å². The molecule has 0 unspecified atom stereocenters. The summed E-state index contributed by atoms with van der Waals surface area (Å²) in [6, 6.07) is 7.11. The largest absolute Gasteiger partial charge is 0.494 e. The van der Waals surface area contributed by atoms with Gasteiger partial charge in [0.25, 0.3) is 5.91 Å². The van der Waals surface area contributed by atoms with E-state index in [2.05, 4.69) is 5.32 Å². The molecule has 0 aromatic heterocycles. The first-order valence-corrected chi connectivity index (χ1v) is 7.04. The van der Waals surface area contributed by atoms with Crippen LogP contribution in [0.25, 0.3) is 0 Å². The van der Waals surface area contributed by atoms with Gasteiger partial charge in [-0.15, -0.1) is 0 Å². The monoisotopic (exact) mass is 274 g/mol. The second kappa shape index (κ2) is 5.25. The number of rotatable bonds is 5. The van der Waals surface area contributed by atoms with Crippen molar-refractivity contribution < 1.29 is 14.3 Å². The SMILES string of the molecule is CCOc1ccc(N2C(=O)C[C@@H](NC3CC3)C2=O)cc1. The molecule has 2 fully saturated rings. The molecule has 2 amide bonds. The van der Waals surface area contributed by atoms with Crippen molar-refractivity contribution in [3.63, 3.8) is 0 Å². The van der Waals surface area contributed by atoms with Crippen LogP contribution < -0.4 is 15.0 Å². The van der Waals surface area contributed by atoms with Gasteiger partial charge < -0.3 is 10.1 Å². The number of nitrogens with zero attached hydrogens (tertiary/aromatic N) is 1. The molecule has 1 aromatic carbocycles. The molecule has 5 heteroatoms. The molecular weight excluding hydrogens is 256 g/mol. The molecule has 1 heterocycles. The molecule has 1 N–H and O–H groups in total. The van der Waals surface area contributed by atoms with Crippen LogP contribution in [0.5, 0.6) is 5.75 Å². The molecule has 5 nitrogen and oxygen atoms in total. The number of carbonyl (C=O) groups excluding carboxylic acids is 2. The summed E-state index contributed by atoms with van der Waals surface area (Å²) in [4.78, 5) is 25.6. The molecule has 1 aliphatic carbocycles. The van der Waals surface area contributed by atoms with Crippen molar-refractivity contribution in [1.82, 2.24) is 5.32 Å². The van der Waals surface area contributed by atoms with Crippen LogP contribution >= 0.6 is 0 Å². The van der Waals surface area contributed by atoms with Crippen molar-refractivity contribution in [2.75, 3.05) is 11.5 Å². The van der Waals surface area contributed by atoms with Gasteiger partial charge in [0.05, 0.1) is 24.8 Å². The quantitative estimate of drug-likeness (QED) is 0.826. The van der Waals surface area contributed by atoms with E-state index in [1.54, 1.807) is 24.3 Å². The zero-order valence-corrected chi connectivity index (χ0v) is 11.5. The highest BCUT2D eigenvalue weighted by atomic mass is 16.5. The van der Waals surface area contributed by atoms with E-state index in [1.807, 2.05) is 6.92 Å². The molecule has 106 valence electrons. The van der Waals surface area contributed by atoms with E-state index < -0.39 is 0 Å². The van der Waals surface area contributed by atoms with E-state index in [0.29, 0.717) is 18.3 Å². The Bertz CT molecular complexity index is 522. The minimum Gasteiger partial charge on any atom is -0.494 e. The Kier molecular flexibility index (Phi) is 3.44. The number of benzene rings is 1. The third-order valence-electron chi connectivity index (χ3n) is 3.57. The second-order valence-electron chi connectivity index (χ2n) is 5.19. The lowest BCUT2D eigenvalue weighted by atomic mass is 10.2. The Balaban J connectivity index is 1.74. The maximum atomic E-state index is 12.3. The Morgan fingerprint density at radius 1 is 1.25 bits per heavy atom. The molecule has 0 radical (unpaired) electrons. The number of nitrogens with one attached hydrogen (secondary N) is 1. The van der Waals surface area contributed by atoms with Crippen molar-refractivity contribution in [3.8, 4) is 5.75 Å². The van der Waals surface area contributed by atoms with Gasteiger partial charge in [0.15, 0.2) is 0 Å². The van der Waals surface area contributed by atoms with E-state index >= 15 is 0 Å². The summed E-state index contributed by atoms with van der Waals surface area (Å²) < 4.78 is 5.36. The minimum atomic E-state index is -0.360. The first-order valence-electron chi connectivity index (χ1n) is 7.04. The van der Waals surface area contributed by atoms with Gasteiger partial charge >= 0.3 is 0 Å². The number of hydrogen-bond donors (Lipinski definition) is 1. The maximum absolute atomic E-state index is 12.3. The van der Waals surface area contributed by atoms with Crippen molar-refractivity contribution in [2.45, 2.75) is 38.3 Å². The smallest absolute Gasteiger partial charge is 0.251 e. The van der Waals surface area contributed by atoms with Gasteiger partial charge in [0.2, 0.25) is 5.91 Å². The molecule has 20 heavy (non-hydrogen) atoms. The highest BCUT2D eigenvalue weighted by Gasteiger charge is 2.41. The van der Waals surface area contributed by atoms with Crippen LogP contribution in [0.3, 0.4) is 0 Å². The van der Waals surface area contributed by atoms with Crippen molar-refractivity contribution in [3.05, 3.63) is 24.3 Å². The number of hydrogen-bond acceptors (Lipinski definition) is 4. The third kappa shape index (κ3) is 2.54. The van der Waals surface area contributed by atoms with E-state index in [4.69, 9.17) is 4.74 Å². The molecule has 1 atom stereocenters. The summed E-state index contributed by atoms with van der Waals surface area (Å²) in [5.74, 6) is 0.450. The Labute approximate surface area is 117 Å². The van der Waals surface area contributed by atoms with Crippen molar-refractivity contribution in [1.29, 1.82) is 0 Å². The van der Waals surface area contributed by atoms with Crippen LogP contribution in [0.15, 0.2) is 24.3 Å². The van der Waals surface area contributed by atoms with Gasteiger partial charge in [-0.25, -0.2) is 4.90 Å². The lowest BCUT2D eigenvalue weighted by Crippen LogP contribution is -2.39. The van der Waals surface area contributed by atoms with Crippen LogP contribution in [0.1, 0.15) is 26.2 Å². The van der Waals surface area contributed by atoms with Gasteiger partial charge in [0.1, 0.15) is 5.75 Å². The zero-order valence-electron chi connectivity index (χ0n) is 11.5. The minimum absolute atomic E-state index is 0.141. The first-order chi connectivity index (χ1) is 9.69. The highest BCUT2D eigenvalue weighted by molar-refractivity contribution is 6.22. The molecule has 0 spiro atoms. The summed E-state index contributed by atoms with van der Waals surface area (Å²) in [5.41, 5.74) is 0.614. The standard InChI is InChI=1S/C15H18N2O3/c1-2-20-12-7-5-11(6-8-12)17-14(18)9-13(15(17)19)16-10-3-4-10/h5-8,10,13,16H,2-4,9H2,1H3/t13-/m1/s1. The van der Waals surface area contributed by atoms with Crippen LogP contribution in [0.2, 0.25) is 0 Å². The number of amides is 2. The number of ether oxygens (including phenoxy) is 1.